The fourth-order valence-corrected chi connectivity index (χ4v) is 7.97. The highest BCUT2D eigenvalue weighted by Crippen LogP contribution is 2.22. The van der Waals surface area contributed by atoms with E-state index in [9.17, 15) is 38.4 Å². The Labute approximate surface area is 323 Å². The normalized spacial score (nSPS) is 23.1. The first-order chi connectivity index (χ1) is 24.7. The van der Waals surface area contributed by atoms with E-state index in [0.29, 0.717) is 57.7 Å². The summed E-state index contributed by atoms with van der Waals surface area (Å²) in [6.07, 6.45) is 6.03. The van der Waals surface area contributed by atoms with Crippen LogP contribution < -0.4 is 32.7 Å². The lowest BCUT2D eigenvalue weighted by Gasteiger charge is -2.31. The minimum Gasteiger partial charge on any atom is -0.368 e. The number of β-lactam (4-membered cyclic amide) rings is 2. The van der Waals surface area contributed by atoms with Gasteiger partial charge in [0, 0.05) is 37.8 Å². The lowest BCUT2D eigenvalue weighted by Crippen LogP contribution is -2.61. The predicted molar refractivity (Wildman–Crippen MR) is 195 cm³/mol. The van der Waals surface area contributed by atoms with Crippen LogP contribution in [0.4, 0.5) is 0 Å². The van der Waals surface area contributed by atoms with Crippen LogP contribution in [-0.2, 0) is 51.2 Å². The van der Waals surface area contributed by atoms with E-state index in [1.54, 1.807) is 6.20 Å². The van der Waals surface area contributed by atoms with Crippen LogP contribution in [0.1, 0.15) is 49.9 Å². The van der Waals surface area contributed by atoms with Crippen molar-refractivity contribution >= 4 is 92.4 Å². The van der Waals surface area contributed by atoms with Gasteiger partial charge < -0.3 is 52.5 Å². The number of hydrogen-bond acceptors (Lipinski definition) is 10. The van der Waals surface area contributed by atoms with Crippen molar-refractivity contribution in [3.8, 4) is 0 Å². The third kappa shape index (κ3) is 9.35. The minimum atomic E-state index is -0.889. The molecule has 4 aliphatic heterocycles. The molecule has 0 bridgehead atoms. The van der Waals surface area contributed by atoms with Gasteiger partial charge in [0.25, 0.3) is 0 Å². The molecule has 10 N–H and O–H groups in total. The summed E-state index contributed by atoms with van der Waals surface area (Å²) in [6, 6.07) is -4.35. The van der Waals surface area contributed by atoms with E-state index in [4.69, 9.17) is 11.5 Å². The van der Waals surface area contributed by atoms with Crippen molar-refractivity contribution in [2.24, 2.45) is 11.5 Å². The van der Waals surface area contributed by atoms with Gasteiger partial charge in [-0.2, -0.15) is 0 Å². The van der Waals surface area contributed by atoms with Crippen LogP contribution in [0.2, 0.25) is 0 Å². The second kappa shape index (κ2) is 17.0. The number of carbonyl (C=O) groups excluding carboxylic acids is 8. The van der Waals surface area contributed by atoms with Gasteiger partial charge in [0.15, 0.2) is 3.83 Å². The van der Waals surface area contributed by atoms with E-state index in [-0.39, 0.29) is 49.3 Å². The summed E-state index contributed by atoms with van der Waals surface area (Å²) in [5.74, 6) is -3.09. The molecule has 280 valence electrons. The van der Waals surface area contributed by atoms with Crippen LogP contribution in [0.3, 0.4) is 0 Å². The summed E-state index contributed by atoms with van der Waals surface area (Å²) in [4.78, 5) is 113. The molecule has 22 heteroatoms. The topological polar surface area (TPSA) is 301 Å². The molecule has 4 saturated heterocycles. The second-order valence-electron chi connectivity index (χ2n) is 12.7. The van der Waals surface area contributed by atoms with E-state index >= 15 is 0 Å². The number of aromatic nitrogens is 4. The number of rotatable bonds is 12. The number of hydrogen-bond donors (Lipinski definition) is 8. The number of likely N-dealkylation sites (tertiary alicyclic amines) is 2. The van der Waals surface area contributed by atoms with Crippen LogP contribution in [-0.4, -0.2) is 126 Å². The molecule has 2 aromatic rings. The Bertz CT molecular complexity index is 1720. The number of primary amides is 2. The standard InChI is InChI=1S/C15H18I2N6O4.C15H20N6O4/c16-11-6(21-15(17)22-11)4-8(20-13(26)7-5-10(24)19-7)14(27)23-3-1-2-9(23)12(18)25;16-13(23)11-2-1-3-21(11)15(25)10(4-8-6-17-7-18-8)20-14(24)9-5-12(22)19-9/h7-9H,1-5H2,(H2,18,25)(H,19,24)(H,20,26)(H,21,22);6-7,9-11H,1-5H2,(H2,16,23)(H,17,18)(H,19,22)(H,20,24)/t7-,8-,9-;9-,10-,11-/m00/s1. The maximum Gasteiger partial charge on any atom is 0.246 e. The molecule has 6 atom stereocenters. The number of nitrogens with two attached hydrogens (primary N) is 2. The Hall–Kier alpha value is -4.36. The number of H-pyrrole nitrogens is 2. The molecule has 4 aliphatic rings. The smallest absolute Gasteiger partial charge is 0.246 e. The van der Waals surface area contributed by atoms with Crippen molar-refractivity contribution < 1.29 is 38.4 Å². The van der Waals surface area contributed by atoms with Crippen molar-refractivity contribution in [3.05, 3.63) is 31.4 Å². The van der Waals surface area contributed by atoms with E-state index in [2.05, 4.69) is 63.8 Å². The Balaban J connectivity index is 0.000000202. The first kappa shape index (κ1) is 38.9. The zero-order valence-electron chi connectivity index (χ0n) is 27.7. The van der Waals surface area contributed by atoms with Gasteiger partial charge >= 0.3 is 0 Å². The quantitative estimate of drug-likeness (QED) is 0.0780. The summed E-state index contributed by atoms with van der Waals surface area (Å²) in [7, 11) is 0. The summed E-state index contributed by atoms with van der Waals surface area (Å²) in [5.41, 5.74) is 12.2. The van der Waals surface area contributed by atoms with E-state index in [1.165, 1.54) is 16.1 Å². The molecule has 0 aliphatic carbocycles. The predicted octanol–water partition coefficient (Wildman–Crippen LogP) is -3.19. The van der Waals surface area contributed by atoms with Gasteiger partial charge in [0.05, 0.1) is 24.9 Å². The van der Waals surface area contributed by atoms with Crippen LogP contribution in [0.15, 0.2) is 12.5 Å². The molecule has 0 saturated carbocycles. The lowest BCUT2D eigenvalue weighted by molar-refractivity contribution is -0.142. The Morgan fingerprint density at radius 2 is 1.31 bits per heavy atom. The molecule has 8 amide bonds. The number of nitrogens with zero attached hydrogens (tertiary/aromatic N) is 4. The van der Waals surface area contributed by atoms with Gasteiger partial charge in [0.1, 0.15) is 40.0 Å². The zero-order chi connectivity index (χ0) is 37.7. The van der Waals surface area contributed by atoms with Crippen molar-refractivity contribution in [3.63, 3.8) is 0 Å². The fourth-order valence-electron chi connectivity index (χ4n) is 6.34. The molecule has 0 spiro atoms. The SMILES string of the molecule is NC(=O)[C@@H]1CCCN1C(=O)[C@H](Cc1[nH]c(I)nc1I)NC(=O)[C@@H]1CC(=O)N1.NC(=O)[C@@H]1CCCN1C(=O)[C@H](Cc1cnc[nH]1)NC(=O)[C@@H]1CC(=O)N1. The van der Waals surface area contributed by atoms with E-state index in [0.717, 1.165) is 0 Å². The van der Waals surface area contributed by atoms with Crippen LogP contribution in [0, 0.1) is 7.53 Å². The van der Waals surface area contributed by atoms with Crippen molar-refractivity contribution in [2.45, 2.75) is 87.6 Å². The van der Waals surface area contributed by atoms with Crippen LogP contribution in [0.25, 0.3) is 0 Å². The van der Waals surface area contributed by atoms with Gasteiger partial charge in [-0.25, -0.2) is 9.97 Å². The molecule has 0 unspecified atom stereocenters. The highest BCUT2D eigenvalue weighted by Gasteiger charge is 2.41. The van der Waals surface area contributed by atoms with Gasteiger partial charge in [-0.1, -0.05) is 0 Å². The molecular weight excluding hydrogens is 910 g/mol. The number of amides is 8. The molecule has 6 rings (SSSR count). The van der Waals surface area contributed by atoms with Crippen molar-refractivity contribution in [1.82, 2.24) is 51.0 Å². The second-order valence-corrected chi connectivity index (χ2v) is 14.8. The van der Waals surface area contributed by atoms with Crippen molar-refractivity contribution in [2.75, 3.05) is 13.1 Å². The maximum atomic E-state index is 13.1. The lowest BCUT2D eigenvalue weighted by atomic mass is 10.0. The number of imidazole rings is 2. The average molecular weight is 949 g/mol. The van der Waals surface area contributed by atoms with Gasteiger partial charge in [-0.05, 0) is 70.9 Å². The molecule has 0 aromatic carbocycles. The van der Waals surface area contributed by atoms with Crippen LogP contribution >= 0.6 is 45.2 Å². The molecule has 6 heterocycles. The van der Waals surface area contributed by atoms with Gasteiger partial charge in [-0.15, -0.1) is 0 Å². The Morgan fingerprint density at radius 1 is 0.827 bits per heavy atom. The monoisotopic (exact) mass is 948 g/mol. The molecular formula is C30H38I2N12O8. The molecule has 52 heavy (non-hydrogen) atoms. The maximum absolute atomic E-state index is 13.1. The number of nitrogens with one attached hydrogen (secondary N) is 6. The third-order valence-corrected chi connectivity index (χ3v) is 10.5. The third-order valence-electron chi connectivity index (χ3n) is 9.13. The molecule has 4 fully saturated rings. The number of carbonyl (C=O) groups is 8. The average Bonchev–Trinajstić information content (AvgIpc) is 3.89. The summed E-state index contributed by atoms with van der Waals surface area (Å²) >= 11 is 4.08. The van der Waals surface area contributed by atoms with Crippen molar-refractivity contribution in [1.29, 1.82) is 0 Å². The largest absolute Gasteiger partial charge is 0.368 e. The van der Waals surface area contributed by atoms with Gasteiger partial charge in [-0.3, -0.25) is 38.4 Å². The number of halogens is 2. The summed E-state index contributed by atoms with van der Waals surface area (Å²) < 4.78 is 1.38. The fraction of sp³-hybridized carbons (Fsp3) is 0.533. The van der Waals surface area contributed by atoms with Crippen LogP contribution in [0.5, 0.6) is 0 Å². The highest BCUT2D eigenvalue weighted by molar-refractivity contribution is 14.1. The highest BCUT2D eigenvalue weighted by atomic mass is 127. The number of aromatic amines is 2. The molecule has 0 radical (unpaired) electrons. The molecule has 20 nitrogen and oxygen atoms in total. The Kier molecular flexibility index (Phi) is 12.7. The summed E-state index contributed by atoms with van der Waals surface area (Å²) in [6.45, 7) is 0.832. The first-order valence-electron chi connectivity index (χ1n) is 16.5. The van der Waals surface area contributed by atoms with E-state index < -0.39 is 59.9 Å². The summed E-state index contributed by atoms with van der Waals surface area (Å²) in [5, 5.41) is 10.3. The minimum absolute atomic E-state index is 0.0971. The molecule has 2 aromatic heterocycles. The zero-order valence-corrected chi connectivity index (χ0v) is 32.0. The van der Waals surface area contributed by atoms with Gasteiger partial charge in [0.2, 0.25) is 47.3 Å². The van der Waals surface area contributed by atoms with E-state index in [1.807, 2.05) is 22.6 Å². The Morgan fingerprint density at radius 3 is 1.69 bits per heavy atom. The first-order valence-corrected chi connectivity index (χ1v) is 18.6.